The molecule has 0 saturated heterocycles. The van der Waals surface area contributed by atoms with E-state index in [4.69, 9.17) is 4.74 Å². The fourth-order valence-corrected chi connectivity index (χ4v) is 1.17. The summed E-state index contributed by atoms with van der Waals surface area (Å²) in [6.07, 6.45) is 1.58. The Labute approximate surface area is 129 Å². The van der Waals surface area contributed by atoms with Crippen molar-refractivity contribution in [2.45, 2.75) is 32.8 Å². The Kier molecular flexibility index (Phi) is 8.51. The summed E-state index contributed by atoms with van der Waals surface area (Å²) in [5.74, 6) is -2.41. The SMILES string of the molecule is COC(=O)/C=C/C(=O)C(=O)NCCCNC(=O)OC(C)(C)C. The average molecular weight is 314 g/mol. The molecule has 0 aliphatic heterocycles. The molecule has 0 aromatic carbocycles. The summed E-state index contributed by atoms with van der Waals surface area (Å²) in [7, 11) is 1.16. The number of rotatable bonds is 7. The van der Waals surface area contributed by atoms with E-state index in [1.165, 1.54) is 0 Å². The van der Waals surface area contributed by atoms with E-state index in [9.17, 15) is 19.2 Å². The van der Waals surface area contributed by atoms with Crippen LogP contribution in [0.5, 0.6) is 0 Å². The lowest BCUT2D eigenvalue weighted by atomic mass is 10.2. The van der Waals surface area contributed by atoms with Gasteiger partial charge in [-0.3, -0.25) is 9.59 Å². The molecule has 124 valence electrons. The molecule has 0 aliphatic carbocycles. The first-order valence-corrected chi connectivity index (χ1v) is 6.70. The topological polar surface area (TPSA) is 111 Å². The van der Waals surface area contributed by atoms with Gasteiger partial charge in [0.15, 0.2) is 0 Å². The predicted octanol–water partition coefficient (Wildman–Crippen LogP) is 0.316. The molecule has 8 nitrogen and oxygen atoms in total. The minimum absolute atomic E-state index is 0.201. The first-order chi connectivity index (χ1) is 10.2. The summed E-state index contributed by atoms with van der Waals surface area (Å²) >= 11 is 0. The van der Waals surface area contributed by atoms with Crippen molar-refractivity contribution in [3.8, 4) is 0 Å². The van der Waals surface area contributed by atoms with E-state index in [1.807, 2.05) is 0 Å². The molecular formula is C14H22N2O6. The van der Waals surface area contributed by atoms with Gasteiger partial charge >= 0.3 is 12.1 Å². The number of hydrogen-bond donors (Lipinski definition) is 2. The van der Waals surface area contributed by atoms with Gasteiger partial charge in [0.25, 0.3) is 5.91 Å². The third-order valence-corrected chi connectivity index (χ3v) is 2.10. The van der Waals surface area contributed by atoms with Crippen molar-refractivity contribution in [2.24, 2.45) is 0 Å². The summed E-state index contributed by atoms with van der Waals surface area (Å²) in [6.45, 7) is 5.74. The number of nitrogens with one attached hydrogen (secondary N) is 2. The molecule has 0 unspecified atom stereocenters. The molecule has 0 atom stereocenters. The fraction of sp³-hybridized carbons (Fsp3) is 0.571. The maximum atomic E-state index is 11.4. The number of carbonyl (C=O) groups is 4. The largest absolute Gasteiger partial charge is 0.466 e. The molecule has 22 heavy (non-hydrogen) atoms. The summed E-state index contributed by atoms with van der Waals surface area (Å²) in [4.78, 5) is 44.7. The molecule has 0 aliphatic rings. The quantitative estimate of drug-likeness (QED) is 0.303. The number of hydrogen-bond acceptors (Lipinski definition) is 6. The minimum atomic E-state index is -0.856. The normalized spacial score (nSPS) is 10.9. The lowest BCUT2D eigenvalue weighted by molar-refractivity contribution is -0.136. The molecule has 0 radical (unpaired) electrons. The summed E-state index contributed by atoms with van der Waals surface area (Å²) in [6, 6.07) is 0. The van der Waals surface area contributed by atoms with Crippen LogP contribution in [-0.2, 0) is 23.9 Å². The van der Waals surface area contributed by atoms with Crippen molar-refractivity contribution >= 4 is 23.8 Å². The number of esters is 1. The molecule has 0 rings (SSSR count). The summed E-state index contributed by atoms with van der Waals surface area (Å²) in [5.41, 5.74) is -0.573. The molecule has 0 bridgehead atoms. The highest BCUT2D eigenvalue weighted by molar-refractivity contribution is 6.41. The zero-order chi connectivity index (χ0) is 17.2. The second kappa shape index (κ2) is 9.54. The molecule has 0 heterocycles. The Morgan fingerprint density at radius 3 is 2.14 bits per heavy atom. The monoisotopic (exact) mass is 314 g/mol. The van der Waals surface area contributed by atoms with Crippen LogP contribution in [-0.4, -0.2) is 49.6 Å². The molecule has 2 N–H and O–H groups in total. The van der Waals surface area contributed by atoms with Crippen LogP contribution in [0.4, 0.5) is 4.79 Å². The van der Waals surface area contributed by atoms with E-state index in [-0.39, 0.29) is 6.54 Å². The molecule has 0 spiro atoms. The number of ketones is 1. The zero-order valence-electron chi connectivity index (χ0n) is 13.2. The minimum Gasteiger partial charge on any atom is -0.466 e. The van der Waals surface area contributed by atoms with Crippen molar-refractivity contribution in [3.05, 3.63) is 12.2 Å². The van der Waals surface area contributed by atoms with Crippen LogP contribution in [0.1, 0.15) is 27.2 Å². The predicted molar refractivity (Wildman–Crippen MR) is 78.0 cm³/mol. The highest BCUT2D eigenvalue weighted by Gasteiger charge is 2.15. The Hall–Kier alpha value is -2.38. The van der Waals surface area contributed by atoms with Gasteiger partial charge in [-0.05, 0) is 33.3 Å². The van der Waals surface area contributed by atoms with Crippen molar-refractivity contribution in [1.82, 2.24) is 10.6 Å². The number of methoxy groups -OCH3 is 1. The van der Waals surface area contributed by atoms with E-state index in [2.05, 4.69) is 15.4 Å². The van der Waals surface area contributed by atoms with Gasteiger partial charge in [0.1, 0.15) is 5.60 Å². The van der Waals surface area contributed by atoms with Crippen LogP contribution in [0, 0.1) is 0 Å². The average Bonchev–Trinajstić information content (AvgIpc) is 2.41. The Bertz CT molecular complexity index is 451. The van der Waals surface area contributed by atoms with Crippen molar-refractivity contribution < 1.29 is 28.7 Å². The van der Waals surface area contributed by atoms with Gasteiger partial charge in [-0.25, -0.2) is 9.59 Å². The lowest BCUT2D eigenvalue weighted by Crippen LogP contribution is -2.35. The summed E-state index contributed by atoms with van der Waals surface area (Å²) in [5, 5.41) is 4.88. The lowest BCUT2D eigenvalue weighted by Gasteiger charge is -2.19. The number of amides is 2. The van der Waals surface area contributed by atoms with E-state index in [1.54, 1.807) is 20.8 Å². The van der Waals surface area contributed by atoms with Gasteiger partial charge in [0, 0.05) is 19.2 Å². The Morgan fingerprint density at radius 2 is 1.59 bits per heavy atom. The van der Waals surface area contributed by atoms with E-state index < -0.39 is 29.4 Å². The number of carbonyl (C=O) groups excluding carboxylic acids is 4. The Balaban J connectivity index is 3.86. The summed E-state index contributed by atoms with van der Waals surface area (Å²) < 4.78 is 9.31. The van der Waals surface area contributed by atoms with Crippen LogP contribution in [0.3, 0.4) is 0 Å². The van der Waals surface area contributed by atoms with Crippen LogP contribution >= 0.6 is 0 Å². The number of alkyl carbamates (subject to hydrolysis) is 1. The van der Waals surface area contributed by atoms with E-state index in [0.717, 1.165) is 19.3 Å². The molecule has 0 saturated carbocycles. The van der Waals surface area contributed by atoms with Crippen LogP contribution in [0.25, 0.3) is 0 Å². The first kappa shape index (κ1) is 19.6. The maximum Gasteiger partial charge on any atom is 0.407 e. The second-order valence-electron chi connectivity index (χ2n) is 5.26. The third-order valence-electron chi connectivity index (χ3n) is 2.10. The molecule has 8 heteroatoms. The Morgan fingerprint density at radius 1 is 1.00 bits per heavy atom. The molecule has 0 aromatic heterocycles. The van der Waals surface area contributed by atoms with E-state index in [0.29, 0.717) is 13.0 Å². The molecule has 0 aromatic rings. The van der Waals surface area contributed by atoms with E-state index >= 15 is 0 Å². The second-order valence-corrected chi connectivity index (χ2v) is 5.26. The molecule has 0 fully saturated rings. The molecular weight excluding hydrogens is 292 g/mol. The fourth-order valence-electron chi connectivity index (χ4n) is 1.17. The van der Waals surface area contributed by atoms with Gasteiger partial charge in [0.05, 0.1) is 7.11 Å². The standard InChI is InChI=1S/C14H22N2O6/c1-14(2,3)22-13(20)16-9-5-8-15-12(19)10(17)6-7-11(18)21-4/h6-7H,5,8-9H2,1-4H3,(H,15,19)(H,16,20)/b7-6+. The molecule has 2 amide bonds. The third kappa shape index (κ3) is 10.4. The van der Waals surface area contributed by atoms with Gasteiger partial charge in [-0.15, -0.1) is 0 Å². The highest BCUT2D eigenvalue weighted by Crippen LogP contribution is 2.06. The van der Waals surface area contributed by atoms with Crippen molar-refractivity contribution in [1.29, 1.82) is 0 Å². The van der Waals surface area contributed by atoms with Gasteiger partial charge < -0.3 is 20.1 Å². The van der Waals surface area contributed by atoms with Crippen LogP contribution in [0.2, 0.25) is 0 Å². The van der Waals surface area contributed by atoms with Crippen LogP contribution in [0.15, 0.2) is 12.2 Å². The highest BCUT2D eigenvalue weighted by atomic mass is 16.6. The van der Waals surface area contributed by atoms with Gasteiger partial charge in [0.2, 0.25) is 5.78 Å². The zero-order valence-corrected chi connectivity index (χ0v) is 13.2. The van der Waals surface area contributed by atoms with Crippen LogP contribution < -0.4 is 10.6 Å². The maximum absolute atomic E-state index is 11.4. The first-order valence-electron chi connectivity index (χ1n) is 6.70. The van der Waals surface area contributed by atoms with Crippen molar-refractivity contribution in [3.63, 3.8) is 0 Å². The van der Waals surface area contributed by atoms with Gasteiger partial charge in [-0.2, -0.15) is 0 Å². The van der Waals surface area contributed by atoms with Crippen molar-refractivity contribution in [2.75, 3.05) is 20.2 Å². The number of ether oxygens (including phenoxy) is 2. The smallest absolute Gasteiger partial charge is 0.407 e. The van der Waals surface area contributed by atoms with Gasteiger partial charge in [-0.1, -0.05) is 0 Å².